The third-order valence-electron chi connectivity index (χ3n) is 2.16. The van der Waals surface area contributed by atoms with Gasteiger partial charge in [-0.25, -0.2) is 0 Å². The summed E-state index contributed by atoms with van der Waals surface area (Å²) in [7, 11) is 1.93. The van der Waals surface area contributed by atoms with Gasteiger partial charge in [-0.05, 0) is 13.5 Å². The normalized spacial score (nSPS) is 40.5. The Hall–Kier alpha value is 0.270. The van der Waals surface area contributed by atoms with Crippen LogP contribution in [0.1, 0.15) is 13.3 Å². The van der Waals surface area contributed by atoms with Crippen LogP contribution in [0.15, 0.2) is 0 Å². The molecule has 0 radical (unpaired) electrons. The highest BCUT2D eigenvalue weighted by atomic mass is 32.2. The van der Waals surface area contributed by atoms with Crippen molar-refractivity contribution in [3.63, 3.8) is 0 Å². The molecule has 0 bridgehead atoms. The maximum absolute atomic E-state index is 9.06. The van der Waals surface area contributed by atoms with Crippen LogP contribution in [0.5, 0.6) is 0 Å². The maximum atomic E-state index is 9.06. The second-order valence-electron chi connectivity index (χ2n) is 3.01. The lowest BCUT2D eigenvalue weighted by Gasteiger charge is -2.24. The first-order valence-corrected chi connectivity index (χ1v) is 4.69. The maximum Gasteiger partial charge on any atom is 0.0621 e. The molecule has 1 rings (SSSR count). The fourth-order valence-electron chi connectivity index (χ4n) is 1.33. The molecule has 0 aromatic carbocycles. The predicted molar refractivity (Wildman–Crippen MR) is 45.4 cm³/mol. The lowest BCUT2D eigenvalue weighted by molar-refractivity contribution is 0.184. The van der Waals surface area contributed by atoms with Gasteiger partial charge in [0.05, 0.1) is 12.1 Å². The number of hydrogen-bond donors (Lipinski definition) is 2. The van der Waals surface area contributed by atoms with Crippen molar-refractivity contribution in [3.05, 3.63) is 0 Å². The Balaban J connectivity index is 2.51. The minimum absolute atomic E-state index is 0.0179. The van der Waals surface area contributed by atoms with Gasteiger partial charge in [-0.3, -0.25) is 0 Å². The fraction of sp³-hybridized carbons (Fsp3) is 1.00. The van der Waals surface area contributed by atoms with E-state index in [1.54, 1.807) is 0 Å². The van der Waals surface area contributed by atoms with E-state index in [4.69, 9.17) is 5.11 Å². The van der Waals surface area contributed by atoms with Gasteiger partial charge in [0.15, 0.2) is 0 Å². The Morgan fingerprint density at radius 2 is 2.50 bits per heavy atom. The van der Waals surface area contributed by atoms with Crippen LogP contribution in [0.25, 0.3) is 0 Å². The fourth-order valence-corrected chi connectivity index (χ4v) is 2.73. The highest BCUT2D eigenvalue weighted by molar-refractivity contribution is 8.00. The zero-order valence-electron chi connectivity index (χ0n) is 6.55. The predicted octanol–water partition coefficient (Wildman–Crippen LogP) is 0.462. The highest BCUT2D eigenvalue weighted by Crippen LogP contribution is 2.33. The average molecular weight is 161 g/mol. The van der Waals surface area contributed by atoms with E-state index in [1.807, 2.05) is 18.8 Å². The minimum Gasteiger partial charge on any atom is -0.394 e. The van der Waals surface area contributed by atoms with E-state index in [9.17, 15) is 0 Å². The number of hydrogen-bond acceptors (Lipinski definition) is 3. The van der Waals surface area contributed by atoms with Crippen LogP contribution >= 0.6 is 11.8 Å². The molecule has 0 aromatic heterocycles. The van der Waals surface area contributed by atoms with Crippen molar-refractivity contribution in [3.8, 4) is 0 Å². The average Bonchev–Trinajstić information content (AvgIpc) is 2.33. The molecule has 1 heterocycles. The second-order valence-corrected chi connectivity index (χ2v) is 4.44. The molecule has 10 heavy (non-hydrogen) atoms. The monoisotopic (exact) mass is 161 g/mol. The molecule has 2 unspecified atom stereocenters. The first kappa shape index (κ1) is 8.37. The van der Waals surface area contributed by atoms with Gasteiger partial charge < -0.3 is 10.4 Å². The molecular weight excluding hydrogens is 146 g/mol. The summed E-state index contributed by atoms with van der Waals surface area (Å²) in [6.45, 7) is 2.47. The van der Waals surface area contributed by atoms with Crippen LogP contribution in [0.4, 0.5) is 0 Å². The summed E-state index contributed by atoms with van der Waals surface area (Å²) in [5.41, 5.74) is 0.0179. The second kappa shape index (κ2) is 3.11. The number of aliphatic hydroxyl groups excluding tert-OH is 1. The van der Waals surface area contributed by atoms with E-state index in [0.29, 0.717) is 5.25 Å². The molecule has 2 atom stereocenters. The van der Waals surface area contributed by atoms with Gasteiger partial charge in [-0.2, -0.15) is 11.8 Å². The van der Waals surface area contributed by atoms with Crippen LogP contribution in [0.2, 0.25) is 0 Å². The van der Waals surface area contributed by atoms with Gasteiger partial charge in [-0.1, -0.05) is 6.92 Å². The Bertz CT molecular complexity index is 114. The third kappa shape index (κ3) is 1.47. The molecule has 0 spiro atoms. The molecule has 1 aliphatic heterocycles. The Labute approximate surface area is 66.4 Å². The van der Waals surface area contributed by atoms with Crippen LogP contribution < -0.4 is 5.32 Å². The zero-order chi connectivity index (χ0) is 7.61. The number of likely N-dealkylation sites (N-methyl/N-ethyl adjacent to an activating group) is 1. The summed E-state index contributed by atoms with van der Waals surface area (Å²) in [5.74, 6) is 1.04. The highest BCUT2D eigenvalue weighted by Gasteiger charge is 2.35. The van der Waals surface area contributed by atoms with Crippen molar-refractivity contribution >= 4 is 11.8 Å². The number of rotatable bonds is 2. The van der Waals surface area contributed by atoms with Crippen molar-refractivity contribution in [2.75, 3.05) is 19.4 Å². The van der Waals surface area contributed by atoms with Gasteiger partial charge in [-0.15, -0.1) is 0 Å². The minimum atomic E-state index is 0.0179. The molecule has 1 saturated heterocycles. The zero-order valence-corrected chi connectivity index (χ0v) is 7.37. The topological polar surface area (TPSA) is 32.3 Å². The first-order valence-electron chi connectivity index (χ1n) is 3.64. The summed E-state index contributed by atoms with van der Waals surface area (Å²) >= 11 is 1.93. The van der Waals surface area contributed by atoms with Crippen molar-refractivity contribution in [2.45, 2.75) is 24.1 Å². The lowest BCUT2D eigenvalue weighted by Crippen LogP contribution is -2.46. The van der Waals surface area contributed by atoms with Crippen LogP contribution in [-0.2, 0) is 0 Å². The first-order chi connectivity index (χ1) is 4.72. The van der Waals surface area contributed by atoms with Gasteiger partial charge in [0, 0.05) is 11.0 Å². The largest absolute Gasteiger partial charge is 0.394 e. The summed E-state index contributed by atoms with van der Waals surface area (Å²) in [6, 6.07) is 0. The summed E-state index contributed by atoms with van der Waals surface area (Å²) in [6.07, 6.45) is 1.09. The van der Waals surface area contributed by atoms with Crippen molar-refractivity contribution in [2.24, 2.45) is 0 Å². The summed E-state index contributed by atoms with van der Waals surface area (Å²) < 4.78 is 0. The van der Waals surface area contributed by atoms with Gasteiger partial charge in [0.25, 0.3) is 0 Å². The van der Waals surface area contributed by atoms with E-state index in [0.717, 1.165) is 12.2 Å². The van der Waals surface area contributed by atoms with E-state index >= 15 is 0 Å². The van der Waals surface area contributed by atoms with Crippen molar-refractivity contribution < 1.29 is 5.11 Å². The van der Waals surface area contributed by atoms with E-state index in [2.05, 4.69) is 12.2 Å². The van der Waals surface area contributed by atoms with Crippen molar-refractivity contribution in [1.82, 2.24) is 5.32 Å². The number of thioether (sulfide) groups is 1. The summed E-state index contributed by atoms with van der Waals surface area (Å²) in [4.78, 5) is 0. The van der Waals surface area contributed by atoms with E-state index in [1.165, 1.54) is 0 Å². The molecule has 2 N–H and O–H groups in total. The number of aliphatic hydroxyl groups is 1. The molecule has 1 fully saturated rings. The standard InChI is InChI=1S/C7H15NOS/c1-6-3-7(4-9,8-2)5-10-6/h6,8-9H,3-5H2,1-2H3. The van der Waals surface area contributed by atoms with Gasteiger partial charge >= 0.3 is 0 Å². The molecule has 0 amide bonds. The van der Waals surface area contributed by atoms with E-state index in [-0.39, 0.29) is 12.1 Å². The molecule has 2 nitrogen and oxygen atoms in total. The van der Waals surface area contributed by atoms with E-state index < -0.39 is 0 Å². The van der Waals surface area contributed by atoms with Gasteiger partial charge in [0.1, 0.15) is 0 Å². The molecule has 0 saturated carbocycles. The molecule has 0 aromatic rings. The van der Waals surface area contributed by atoms with Crippen LogP contribution in [-0.4, -0.2) is 35.3 Å². The Morgan fingerprint density at radius 3 is 2.70 bits per heavy atom. The smallest absolute Gasteiger partial charge is 0.0621 e. The molecule has 1 aliphatic rings. The van der Waals surface area contributed by atoms with Crippen LogP contribution in [0, 0.1) is 0 Å². The SMILES string of the molecule is CNC1(CO)CSC(C)C1. The third-order valence-corrected chi connectivity index (χ3v) is 3.61. The molecule has 60 valence electrons. The summed E-state index contributed by atoms with van der Waals surface area (Å²) in [5, 5.41) is 12.9. The van der Waals surface area contributed by atoms with Crippen molar-refractivity contribution in [1.29, 1.82) is 0 Å². The van der Waals surface area contributed by atoms with Crippen LogP contribution in [0.3, 0.4) is 0 Å². The lowest BCUT2D eigenvalue weighted by atomic mass is 9.98. The number of nitrogens with one attached hydrogen (secondary N) is 1. The Morgan fingerprint density at radius 1 is 1.80 bits per heavy atom. The quantitative estimate of drug-likeness (QED) is 0.617. The molecule has 3 heteroatoms. The Kier molecular flexibility index (Phi) is 2.61. The molecule has 0 aliphatic carbocycles. The molecular formula is C7H15NOS. The van der Waals surface area contributed by atoms with Gasteiger partial charge in [0.2, 0.25) is 0 Å².